The summed E-state index contributed by atoms with van der Waals surface area (Å²) in [5, 5.41) is 11.0. The summed E-state index contributed by atoms with van der Waals surface area (Å²) < 4.78 is 7.31. The molecular formula is C19H26N4O2. The number of aryl methyl sites for hydroxylation is 2. The summed E-state index contributed by atoms with van der Waals surface area (Å²) in [5.41, 5.74) is 2.62. The number of rotatable bonds is 7. The summed E-state index contributed by atoms with van der Waals surface area (Å²) >= 11 is 0. The molecule has 1 aliphatic carbocycles. The monoisotopic (exact) mass is 342 g/mol. The van der Waals surface area contributed by atoms with Gasteiger partial charge in [0, 0.05) is 25.9 Å². The molecule has 6 nitrogen and oxygen atoms in total. The predicted molar refractivity (Wildman–Crippen MR) is 95.7 cm³/mol. The van der Waals surface area contributed by atoms with E-state index in [0.717, 1.165) is 37.4 Å². The summed E-state index contributed by atoms with van der Waals surface area (Å²) in [6, 6.07) is 6.22. The summed E-state index contributed by atoms with van der Waals surface area (Å²) in [6.07, 6.45) is 6.23. The van der Waals surface area contributed by atoms with Crippen molar-refractivity contribution in [2.24, 2.45) is 0 Å². The highest BCUT2D eigenvalue weighted by Crippen LogP contribution is 2.35. The van der Waals surface area contributed by atoms with Crippen LogP contribution < -0.4 is 10.1 Å². The van der Waals surface area contributed by atoms with E-state index in [0.29, 0.717) is 25.3 Å². The Morgan fingerprint density at radius 3 is 3.12 bits per heavy atom. The van der Waals surface area contributed by atoms with E-state index in [1.807, 2.05) is 10.6 Å². The lowest BCUT2D eigenvalue weighted by atomic mass is 9.81. The fraction of sp³-hybridized carbons (Fsp3) is 0.526. The molecule has 0 aliphatic heterocycles. The van der Waals surface area contributed by atoms with Crippen LogP contribution >= 0.6 is 0 Å². The fourth-order valence-corrected chi connectivity index (χ4v) is 3.58. The van der Waals surface area contributed by atoms with Crippen molar-refractivity contribution < 1.29 is 9.53 Å². The average Bonchev–Trinajstić information content (AvgIpc) is 3.09. The third-order valence-corrected chi connectivity index (χ3v) is 4.93. The van der Waals surface area contributed by atoms with Gasteiger partial charge in [0.25, 0.3) is 0 Å². The van der Waals surface area contributed by atoms with Gasteiger partial charge in [0.15, 0.2) is 0 Å². The van der Waals surface area contributed by atoms with E-state index in [9.17, 15) is 4.79 Å². The van der Waals surface area contributed by atoms with E-state index in [4.69, 9.17) is 4.74 Å². The first-order valence-corrected chi connectivity index (χ1v) is 9.01. The highest BCUT2D eigenvalue weighted by atomic mass is 16.5. The Morgan fingerprint density at radius 2 is 2.32 bits per heavy atom. The topological polar surface area (TPSA) is 69.0 Å². The molecule has 0 radical (unpaired) electrons. The normalized spacial score (nSPS) is 16.3. The lowest BCUT2D eigenvalue weighted by Crippen LogP contribution is -2.28. The molecule has 25 heavy (non-hydrogen) atoms. The Kier molecular flexibility index (Phi) is 5.68. The number of methoxy groups -OCH3 is 1. The first-order chi connectivity index (χ1) is 12.2. The van der Waals surface area contributed by atoms with Gasteiger partial charge in [-0.2, -0.15) is 0 Å². The maximum Gasteiger partial charge on any atom is 0.220 e. The van der Waals surface area contributed by atoms with Crippen LogP contribution in [0, 0.1) is 0 Å². The number of hydrogen-bond acceptors (Lipinski definition) is 4. The molecule has 0 bridgehead atoms. The molecule has 0 fully saturated rings. The van der Waals surface area contributed by atoms with Crippen LogP contribution in [0.4, 0.5) is 0 Å². The van der Waals surface area contributed by atoms with Gasteiger partial charge in [-0.1, -0.05) is 6.07 Å². The molecule has 1 aromatic heterocycles. The van der Waals surface area contributed by atoms with Crippen LogP contribution in [0.2, 0.25) is 0 Å². The summed E-state index contributed by atoms with van der Waals surface area (Å²) in [7, 11) is 1.69. The van der Waals surface area contributed by atoms with E-state index in [2.05, 4.69) is 34.6 Å². The summed E-state index contributed by atoms with van der Waals surface area (Å²) in [6.45, 7) is 3.50. The van der Waals surface area contributed by atoms with Crippen molar-refractivity contribution in [2.75, 3.05) is 13.7 Å². The van der Waals surface area contributed by atoms with Gasteiger partial charge in [0.05, 0.1) is 7.11 Å². The lowest BCUT2D eigenvalue weighted by molar-refractivity contribution is -0.121. The van der Waals surface area contributed by atoms with E-state index >= 15 is 0 Å². The van der Waals surface area contributed by atoms with Crippen LogP contribution in [0.25, 0.3) is 0 Å². The van der Waals surface area contributed by atoms with Gasteiger partial charge in [0.2, 0.25) is 5.91 Å². The summed E-state index contributed by atoms with van der Waals surface area (Å²) in [5.74, 6) is 2.21. The Bertz CT molecular complexity index is 726. The smallest absolute Gasteiger partial charge is 0.220 e. The van der Waals surface area contributed by atoms with Gasteiger partial charge in [-0.05, 0) is 55.4 Å². The van der Waals surface area contributed by atoms with Crippen molar-refractivity contribution in [1.82, 2.24) is 20.1 Å². The standard InChI is InChI=1S/C19H26N4O2/c1-3-23-13-21-22-18(23)9-10-20-19(24)12-15-6-4-5-14-11-16(25-2)7-8-17(14)15/h7-8,11,13,15H,3-6,9-10,12H2,1-2H3,(H,20,24). The lowest BCUT2D eigenvalue weighted by Gasteiger charge is -2.25. The minimum absolute atomic E-state index is 0.108. The zero-order valence-corrected chi connectivity index (χ0v) is 15.0. The maximum absolute atomic E-state index is 12.3. The zero-order valence-electron chi connectivity index (χ0n) is 15.0. The van der Waals surface area contributed by atoms with Gasteiger partial charge >= 0.3 is 0 Å². The van der Waals surface area contributed by atoms with Crippen LogP contribution in [0.1, 0.15) is 49.1 Å². The van der Waals surface area contributed by atoms with Crippen molar-refractivity contribution in [2.45, 2.75) is 51.5 Å². The first-order valence-electron chi connectivity index (χ1n) is 9.01. The molecule has 1 N–H and O–H groups in total. The van der Waals surface area contributed by atoms with Gasteiger partial charge in [-0.3, -0.25) is 4.79 Å². The van der Waals surface area contributed by atoms with Crippen LogP contribution in [0.5, 0.6) is 5.75 Å². The minimum Gasteiger partial charge on any atom is -0.497 e. The van der Waals surface area contributed by atoms with E-state index in [1.54, 1.807) is 13.4 Å². The second-order valence-electron chi connectivity index (χ2n) is 6.49. The number of benzene rings is 1. The number of fused-ring (bicyclic) bond motifs is 1. The third kappa shape index (κ3) is 4.18. The molecule has 0 saturated heterocycles. The van der Waals surface area contributed by atoms with E-state index in [1.165, 1.54) is 11.1 Å². The molecule has 2 aromatic rings. The second-order valence-corrected chi connectivity index (χ2v) is 6.49. The van der Waals surface area contributed by atoms with Crippen molar-refractivity contribution in [3.8, 4) is 5.75 Å². The van der Waals surface area contributed by atoms with Crippen molar-refractivity contribution in [3.05, 3.63) is 41.5 Å². The Labute approximate surface area is 148 Å². The molecule has 134 valence electrons. The number of carbonyl (C=O) groups is 1. The molecule has 3 rings (SSSR count). The Balaban J connectivity index is 1.54. The molecule has 0 spiro atoms. The van der Waals surface area contributed by atoms with Gasteiger partial charge < -0.3 is 14.6 Å². The molecule has 1 unspecified atom stereocenters. The quantitative estimate of drug-likeness (QED) is 0.839. The predicted octanol–water partition coefficient (Wildman–Crippen LogP) is 2.48. The Morgan fingerprint density at radius 1 is 1.44 bits per heavy atom. The van der Waals surface area contributed by atoms with Crippen molar-refractivity contribution >= 4 is 5.91 Å². The van der Waals surface area contributed by atoms with Crippen LogP contribution in [-0.2, 0) is 24.2 Å². The van der Waals surface area contributed by atoms with E-state index in [-0.39, 0.29) is 5.91 Å². The number of aromatic nitrogens is 3. The summed E-state index contributed by atoms with van der Waals surface area (Å²) in [4.78, 5) is 12.3. The molecule has 1 aromatic carbocycles. The number of nitrogens with one attached hydrogen (secondary N) is 1. The molecular weight excluding hydrogens is 316 g/mol. The second kappa shape index (κ2) is 8.14. The number of hydrogen-bond donors (Lipinski definition) is 1. The molecule has 6 heteroatoms. The Hall–Kier alpha value is -2.37. The van der Waals surface area contributed by atoms with Crippen LogP contribution in [0.3, 0.4) is 0 Å². The molecule has 1 amide bonds. The molecule has 1 aliphatic rings. The van der Waals surface area contributed by atoms with Gasteiger partial charge in [-0.25, -0.2) is 0 Å². The van der Waals surface area contributed by atoms with Crippen LogP contribution in [0.15, 0.2) is 24.5 Å². The van der Waals surface area contributed by atoms with Gasteiger partial charge in [0.1, 0.15) is 17.9 Å². The fourth-order valence-electron chi connectivity index (χ4n) is 3.58. The first kappa shape index (κ1) is 17.5. The zero-order chi connectivity index (χ0) is 17.6. The number of nitrogens with zero attached hydrogens (tertiary/aromatic N) is 3. The average molecular weight is 342 g/mol. The van der Waals surface area contributed by atoms with E-state index < -0.39 is 0 Å². The number of ether oxygens (including phenoxy) is 1. The molecule has 1 heterocycles. The minimum atomic E-state index is 0.108. The molecule has 1 atom stereocenters. The largest absolute Gasteiger partial charge is 0.497 e. The SMILES string of the molecule is CCn1cnnc1CCNC(=O)CC1CCCc2cc(OC)ccc21. The van der Waals surface area contributed by atoms with Gasteiger partial charge in [-0.15, -0.1) is 10.2 Å². The van der Waals surface area contributed by atoms with Crippen molar-refractivity contribution in [3.63, 3.8) is 0 Å². The maximum atomic E-state index is 12.3. The van der Waals surface area contributed by atoms with Crippen LogP contribution in [-0.4, -0.2) is 34.3 Å². The third-order valence-electron chi connectivity index (χ3n) is 4.93. The highest BCUT2D eigenvalue weighted by Gasteiger charge is 2.23. The number of carbonyl (C=O) groups excluding carboxylic acids is 1. The number of amides is 1. The molecule has 0 saturated carbocycles. The highest BCUT2D eigenvalue weighted by molar-refractivity contribution is 5.77. The van der Waals surface area contributed by atoms with Crippen molar-refractivity contribution in [1.29, 1.82) is 0 Å².